The molecule has 3 rings (SSSR count). The Morgan fingerprint density at radius 3 is 2.28 bits per heavy atom. The molecular formula is C23H29ClN2O5S. The number of amides is 1. The standard InChI is InChI=1S/C23H29ClN2O5S/c1-30-21-8-5-17(15-22(21)31-2)9-12-25-23(27)19-10-13-26(14-11-19)32(28,29)16-18-3-6-20(24)7-4-18/h3-8,15,19H,9-14,16H2,1-2H3,(H,25,27). The highest BCUT2D eigenvalue weighted by Crippen LogP contribution is 2.27. The van der Waals surface area contributed by atoms with Gasteiger partial charge in [-0.25, -0.2) is 12.7 Å². The Kier molecular flexibility index (Phi) is 8.39. The summed E-state index contributed by atoms with van der Waals surface area (Å²) in [7, 11) is -0.249. The zero-order valence-electron chi connectivity index (χ0n) is 18.3. The summed E-state index contributed by atoms with van der Waals surface area (Å²) >= 11 is 5.87. The first-order valence-corrected chi connectivity index (χ1v) is 12.5. The molecule has 0 aromatic heterocycles. The smallest absolute Gasteiger partial charge is 0.223 e. The Morgan fingerprint density at radius 2 is 1.66 bits per heavy atom. The summed E-state index contributed by atoms with van der Waals surface area (Å²) in [6.45, 7) is 1.21. The van der Waals surface area contributed by atoms with Gasteiger partial charge in [-0.2, -0.15) is 0 Å². The number of ether oxygens (including phenoxy) is 2. The number of hydrogen-bond acceptors (Lipinski definition) is 5. The number of carbonyl (C=O) groups excluding carboxylic acids is 1. The number of benzene rings is 2. The largest absolute Gasteiger partial charge is 0.493 e. The normalized spacial score (nSPS) is 15.3. The third-order valence-corrected chi connectivity index (χ3v) is 7.74. The molecule has 1 fully saturated rings. The van der Waals surface area contributed by atoms with Crippen LogP contribution in [0.2, 0.25) is 5.02 Å². The van der Waals surface area contributed by atoms with E-state index in [-0.39, 0.29) is 17.6 Å². The van der Waals surface area contributed by atoms with Gasteiger partial charge in [0.15, 0.2) is 11.5 Å². The molecule has 0 spiro atoms. The Bertz CT molecular complexity index is 1020. The van der Waals surface area contributed by atoms with E-state index in [2.05, 4.69) is 5.32 Å². The first-order valence-electron chi connectivity index (χ1n) is 10.5. The second kappa shape index (κ2) is 11.0. The highest BCUT2D eigenvalue weighted by atomic mass is 35.5. The van der Waals surface area contributed by atoms with Crippen molar-refractivity contribution in [2.75, 3.05) is 33.9 Å². The average Bonchev–Trinajstić information content (AvgIpc) is 2.80. The van der Waals surface area contributed by atoms with Crippen LogP contribution in [0, 0.1) is 5.92 Å². The molecule has 0 radical (unpaired) electrons. The molecule has 7 nitrogen and oxygen atoms in total. The van der Waals surface area contributed by atoms with E-state index in [1.807, 2.05) is 18.2 Å². The monoisotopic (exact) mass is 480 g/mol. The number of nitrogens with zero attached hydrogens (tertiary/aromatic N) is 1. The fraction of sp³-hybridized carbons (Fsp3) is 0.435. The van der Waals surface area contributed by atoms with Gasteiger partial charge in [-0.15, -0.1) is 0 Å². The molecule has 1 aliphatic rings. The van der Waals surface area contributed by atoms with Crippen LogP contribution in [0.25, 0.3) is 0 Å². The summed E-state index contributed by atoms with van der Waals surface area (Å²) in [6, 6.07) is 12.5. The van der Waals surface area contributed by atoms with Crippen molar-refractivity contribution in [3.05, 3.63) is 58.6 Å². The molecule has 0 unspecified atom stereocenters. The quantitative estimate of drug-likeness (QED) is 0.595. The van der Waals surface area contributed by atoms with Gasteiger partial charge < -0.3 is 14.8 Å². The van der Waals surface area contributed by atoms with Crippen molar-refractivity contribution in [3.63, 3.8) is 0 Å². The summed E-state index contributed by atoms with van der Waals surface area (Å²) in [6.07, 6.45) is 1.70. The molecule has 0 bridgehead atoms. The second-order valence-corrected chi connectivity index (χ2v) is 10.2. The van der Waals surface area contributed by atoms with Crippen LogP contribution in [-0.4, -0.2) is 52.5 Å². The third-order valence-electron chi connectivity index (χ3n) is 5.64. The molecule has 9 heteroatoms. The summed E-state index contributed by atoms with van der Waals surface area (Å²) in [5, 5.41) is 3.55. The van der Waals surface area contributed by atoms with Gasteiger partial charge in [-0.3, -0.25) is 4.79 Å². The van der Waals surface area contributed by atoms with Crippen molar-refractivity contribution >= 4 is 27.5 Å². The number of rotatable bonds is 9. The van der Waals surface area contributed by atoms with E-state index in [0.717, 1.165) is 5.56 Å². The molecule has 0 atom stereocenters. The van der Waals surface area contributed by atoms with Gasteiger partial charge in [-0.05, 0) is 54.7 Å². The SMILES string of the molecule is COc1ccc(CCNC(=O)C2CCN(S(=O)(=O)Cc3ccc(Cl)cc3)CC2)cc1OC. The molecule has 1 heterocycles. The van der Waals surface area contributed by atoms with Crippen LogP contribution < -0.4 is 14.8 Å². The molecular weight excluding hydrogens is 452 g/mol. The minimum absolute atomic E-state index is 0.0276. The Labute approximate surface area is 194 Å². The molecule has 32 heavy (non-hydrogen) atoms. The number of methoxy groups -OCH3 is 2. The van der Waals surface area contributed by atoms with Gasteiger partial charge in [0.2, 0.25) is 15.9 Å². The van der Waals surface area contributed by atoms with Gasteiger partial charge >= 0.3 is 0 Å². The van der Waals surface area contributed by atoms with Crippen molar-refractivity contribution < 1.29 is 22.7 Å². The highest BCUT2D eigenvalue weighted by Gasteiger charge is 2.31. The molecule has 0 aliphatic carbocycles. The van der Waals surface area contributed by atoms with Crippen molar-refractivity contribution in [1.82, 2.24) is 9.62 Å². The van der Waals surface area contributed by atoms with Gasteiger partial charge in [-0.1, -0.05) is 29.8 Å². The Balaban J connectivity index is 1.45. The van der Waals surface area contributed by atoms with Crippen LogP contribution in [0.5, 0.6) is 11.5 Å². The van der Waals surface area contributed by atoms with Crippen LogP contribution >= 0.6 is 11.6 Å². The fourth-order valence-electron chi connectivity index (χ4n) is 3.79. The van der Waals surface area contributed by atoms with E-state index in [0.29, 0.717) is 61.0 Å². The topological polar surface area (TPSA) is 84.9 Å². The lowest BCUT2D eigenvalue weighted by molar-refractivity contribution is -0.126. The molecule has 1 saturated heterocycles. The maximum Gasteiger partial charge on any atom is 0.223 e. The van der Waals surface area contributed by atoms with Crippen LogP contribution in [0.1, 0.15) is 24.0 Å². The Hall–Kier alpha value is -2.29. The predicted octanol–water partition coefficient (Wildman–Crippen LogP) is 3.26. The zero-order chi connectivity index (χ0) is 23.1. The zero-order valence-corrected chi connectivity index (χ0v) is 19.9. The van der Waals surface area contributed by atoms with Crippen LogP contribution in [-0.2, 0) is 27.0 Å². The molecule has 0 saturated carbocycles. The number of nitrogens with one attached hydrogen (secondary N) is 1. The average molecular weight is 481 g/mol. The highest BCUT2D eigenvalue weighted by molar-refractivity contribution is 7.88. The molecule has 2 aromatic carbocycles. The summed E-state index contributed by atoms with van der Waals surface area (Å²) < 4.78 is 37.5. The summed E-state index contributed by atoms with van der Waals surface area (Å²) in [4.78, 5) is 12.6. The van der Waals surface area contributed by atoms with Crippen LogP contribution in [0.4, 0.5) is 0 Å². The van der Waals surface area contributed by atoms with E-state index in [9.17, 15) is 13.2 Å². The number of carbonyl (C=O) groups is 1. The Morgan fingerprint density at radius 1 is 1.03 bits per heavy atom. The van der Waals surface area contributed by atoms with Crippen LogP contribution in [0.15, 0.2) is 42.5 Å². The predicted molar refractivity (Wildman–Crippen MR) is 125 cm³/mol. The summed E-state index contributed by atoms with van der Waals surface area (Å²) in [5.41, 5.74) is 1.73. The molecule has 1 N–H and O–H groups in total. The maximum atomic E-state index is 12.7. The first kappa shape index (κ1) is 24.4. The minimum Gasteiger partial charge on any atom is -0.493 e. The first-order chi connectivity index (χ1) is 15.3. The summed E-state index contributed by atoms with van der Waals surface area (Å²) in [5.74, 6) is 1.05. The van der Waals surface area contributed by atoms with E-state index < -0.39 is 10.0 Å². The van der Waals surface area contributed by atoms with E-state index >= 15 is 0 Å². The number of sulfonamides is 1. The lowest BCUT2D eigenvalue weighted by Gasteiger charge is -2.30. The van der Waals surface area contributed by atoms with Crippen molar-refractivity contribution in [3.8, 4) is 11.5 Å². The van der Waals surface area contributed by atoms with Crippen molar-refractivity contribution in [1.29, 1.82) is 0 Å². The lowest BCUT2D eigenvalue weighted by atomic mass is 9.97. The number of piperidine rings is 1. The van der Waals surface area contributed by atoms with Gasteiger partial charge in [0.1, 0.15) is 0 Å². The third kappa shape index (κ3) is 6.37. The molecule has 1 aliphatic heterocycles. The van der Waals surface area contributed by atoms with E-state index in [4.69, 9.17) is 21.1 Å². The fourth-order valence-corrected chi connectivity index (χ4v) is 5.48. The number of halogens is 1. The van der Waals surface area contributed by atoms with Crippen LogP contribution in [0.3, 0.4) is 0 Å². The minimum atomic E-state index is -3.43. The van der Waals surface area contributed by atoms with Crippen molar-refractivity contribution in [2.45, 2.75) is 25.0 Å². The number of hydrogen-bond donors (Lipinski definition) is 1. The van der Waals surface area contributed by atoms with E-state index in [1.54, 1.807) is 38.5 Å². The van der Waals surface area contributed by atoms with E-state index in [1.165, 1.54) is 4.31 Å². The van der Waals surface area contributed by atoms with Gasteiger partial charge in [0.05, 0.1) is 20.0 Å². The van der Waals surface area contributed by atoms with Crippen molar-refractivity contribution in [2.24, 2.45) is 5.92 Å². The second-order valence-electron chi connectivity index (χ2n) is 7.79. The van der Waals surface area contributed by atoms with Gasteiger partial charge in [0, 0.05) is 30.6 Å². The molecule has 1 amide bonds. The lowest BCUT2D eigenvalue weighted by Crippen LogP contribution is -2.43. The maximum absolute atomic E-state index is 12.7. The molecule has 2 aromatic rings. The molecule has 174 valence electrons. The van der Waals surface area contributed by atoms with Gasteiger partial charge in [0.25, 0.3) is 0 Å².